The van der Waals surface area contributed by atoms with E-state index in [4.69, 9.17) is 17.0 Å². The number of ether oxygens (including phenoxy) is 1. The van der Waals surface area contributed by atoms with Gasteiger partial charge in [0.05, 0.1) is 6.21 Å². The molecule has 0 heterocycles. The molecule has 0 saturated carbocycles. The molecule has 2 aromatic carbocycles. The highest BCUT2D eigenvalue weighted by Crippen LogP contribution is 2.15. The summed E-state index contributed by atoms with van der Waals surface area (Å²) in [6, 6.07) is 15.7. The number of hydrogen-bond acceptors (Lipinski definition) is 3. The van der Waals surface area contributed by atoms with Crippen molar-refractivity contribution < 1.29 is 4.74 Å². The first kappa shape index (κ1) is 18.2. The van der Waals surface area contributed by atoms with Crippen LogP contribution in [0.1, 0.15) is 11.1 Å². The molecule has 0 unspecified atom stereocenters. The van der Waals surface area contributed by atoms with Gasteiger partial charge in [0.2, 0.25) is 0 Å². The molecule has 0 fully saturated rings. The lowest BCUT2D eigenvalue weighted by molar-refractivity contribution is 0.306. The van der Waals surface area contributed by atoms with Gasteiger partial charge < -0.3 is 10.1 Å². The summed E-state index contributed by atoms with van der Waals surface area (Å²) < 4.78 is 6.82. The van der Waals surface area contributed by atoms with E-state index in [0.717, 1.165) is 21.3 Å². The van der Waals surface area contributed by atoms with Crippen molar-refractivity contribution in [2.75, 3.05) is 6.54 Å². The Bertz CT molecular complexity index is 699. The van der Waals surface area contributed by atoms with Gasteiger partial charge in [-0.05, 0) is 59.7 Å². The monoisotopic (exact) mass is 403 g/mol. The Hall–Kier alpha value is -2.18. The summed E-state index contributed by atoms with van der Waals surface area (Å²) in [5.74, 6) is 0.811. The summed E-state index contributed by atoms with van der Waals surface area (Å²) in [7, 11) is 0. The molecule has 0 aromatic heterocycles. The zero-order valence-electron chi connectivity index (χ0n) is 13.0. The summed E-state index contributed by atoms with van der Waals surface area (Å²) >= 11 is 8.45. The topological polar surface area (TPSA) is 45.7 Å². The molecule has 0 radical (unpaired) electrons. The van der Waals surface area contributed by atoms with Gasteiger partial charge in [-0.25, -0.2) is 0 Å². The van der Waals surface area contributed by atoms with Crippen LogP contribution in [0.4, 0.5) is 0 Å². The van der Waals surface area contributed by atoms with Gasteiger partial charge in [-0.1, -0.05) is 34.1 Å². The van der Waals surface area contributed by atoms with Crippen molar-refractivity contribution in [2.45, 2.75) is 6.61 Å². The molecule has 0 bridgehead atoms. The van der Waals surface area contributed by atoms with Crippen LogP contribution < -0.4 is 15.5 Å². The zero-order valence-corrected chi connectivity index (χ0v) is 15.4. The molecule has 0 spiro atoms. The zero-order chi connectivity index (χ0) is 17.2. The van der Waals surface area contributed by atoms with Gasteiger partial charge in [0, 0.05) is 11.0 Å². The Labute approximate surface area is 155 Å². The molecule has 6 heteroatoms. The number of thiocarbonyl (C=S) groups is 1. The van der Waals surface area contributed by atoms with E-state index < -0.39 is 0 Å². The molecule has 0 atom stereocenters. The predicted octanol–water partition coefficient (Wildman–Crippen LogP) is 4.01. The van der Waals surface area contributed by atoms with E-state index in [9.17, 15) is 0 Å². The number of benzene rings is 2. The van der Waals surface area contributed by atoms with Crippen molar-refractivity contribution in [3.05, 3.63) is 76.8 Å². The first-order valence-corrected chi connectivity index (χ1v) is 8.52. The highest BCUT2D eigenvalue weighted by atomic mass is 79.9. The minimum absolute atomic E-state index is 0.459. The van der Waals surface area contributed by atoms with E-state index in [1.807, 2.05) is 48.5 Å². The molecule has 2 rings (SSSR count). The lowest BCUT2D eigenvalue weighted by Gasteiger charge is -2.07. The fourth-order valence-corrected chi connectivity index (χ4v) is 2.17. The van der Waals surface area contributed by atoms with E-state index >= 15 is 0 Å². The summed E-state index contributed by atoms with van der Waals surface area (Å²) in [6.07, 6.45) is 3.42. The van der Waals surface area contributed by atoms with Crippen molar-refractivity contribution >= 4 is 39.5 Å². The number of hydrogen-bond donors (Lipinski definition) is 2. The van der Waals surface area contributed by atoms with Crippen LogP contribution in [0.2, 0.25) is 0 Å². The highest BCUT2D eigenvalue weighted by molar-refractivity contribution is 9.10. The summed E-state index contributed by atoms with van der Waals surface area (Å²) in [5.41, 5.74) is 4.81. The smallest absolute Gasteiger partial charge is 0.187 e. The highest BCUT2D eigenvalue weighted by Gasteiger charge is 1.97. The minimum Gasteiger partial charge on any atom is -0.489 e. The molecule has 24 heavy (non-hydrogen) atoms. The van der Waals surface area contributed by atoms with Gasteiger partial charge in [-0.3, -0.25) is 5.43 Å². The Morgan fingerprint density at radius 1 is 1.17 bits per heavy atom. The maximum absolute atomic E-state index is 5.76. The number of nitrogens with zero attached hydrogens (tertiary/aromatic N) is 1. The Morgan fingerprint density at radius 2 is 1.88 bits per heavy atom. The second kappa shape index (κ2) is 9.85. The van der Waals surface area contributed by atoms with E-state index in [2.05, 4.69) is 38.4 Å². The third-order valence-corrected chi connectivity index (χ3v) is 3.75. The summed E-state index contributed by atoms with van der Waals surface area (Å²) in [5, 5.41) is 7.46. The molecule has 0 aliphatic carbocycles. The van der Waals surface area contributed by atoms with E-state index in [-0.39, 0.29) is 0 Å². The summed E-state index contributed by atoms with van der Waals surface area (Å²) in [4.78, 5) is 0. The van der Waals surface area contributed by atoms with Gasteiger partial charge in [0.15, 0.2) is 5.11 Å². The van der Waals surface area contributed by atoms with Crippen LogP contribution in [0.15, 0.2) is 70.8 Å². The Balaban J connectivity index is 1.80. The van der Waals surface area contributed by atoms with Crippen LogP contribution in [-0.4, -0.2) is 17.9 Å². The minimum atomic E-state index is 0.459. The second-order valence-corrected chi connectivity index (χ2v) is 6.18. The average Bonchev–Trinajstić information content (AvgIpc) is 2.60. The lowest BCUT2D eigenvalue weighted by atomic mass is 10.2. The summed E-state index contributed by atoms with van der Waals surface area (Å²) in [6.45, 7) is 4.74. The molecule has 4 nitrogen and oxygen atoms in total. The van der Waals surface area contributed by atoms with Crippen molar-refractivity contribution in [3.8, 4) is 5.75 Å². The van der Waals surface area contributed by atoms with Crippen LogP contribution in [0.5, 0.6) is 5.75 Å². The van der Waals surface area contributed by atoms with E-state index in [1.165, 1.54) is 0 Å². The standard InChI is InChI=1S/C18H18BrN3OS/c1-2-11-20-18(24)22-21-12-14-5-9-17(10-6-14)23-13-15-3-7-16(19)8-4-15/h2-10,12H,1,11,13H2,(H2,20,22,24)/b21-12-. The van der Waals surface area contributed by atoms with Crippen molar-refractivity contribution in [1.82, 2.24) is 10.7 Å². The molecular formula is C18H18BrN3OS. The van der Waals surface area contributed by atoms with Crippen LogP contribution >= 0.6 is 28.1 Å². The average molecular weight is 404 g/mol. The normalized spacial score (nSPS) is 10.4. The lowest BCUT2D eigenvalue weighted by Crippen LogP contribution is -2.31. The van der Waals surface area contributed by atoms with E-state index in [1.54, 1.807) is 12.3 Å². The fraction of sp³-hybridized carbons (Fsp3) is 0.111. The number of nitrogens with one attached hydrogen (secondary N) is 2. The van der Waals surface area contributed by atoms with E-state index in [0.29, 0.717) is 18.3 Å². The molecule has 0 saturated heterocycles. The Morgan fingerprint density at radius 3 is 2.54 bits per heavy atom. The van der Waals surface area contributed by atoms with Crippen molar-refractivity contribution in [1.29, 1.82) is 0 Å². The van der Waals surface area contributed by atoms with Crippen LogP contribution in [0.25, 0.3) is 0 Å². The van der Waals surface area contributed by atoms with Gasteiger partial charge in [-0.15, -0.1) is 6.58 Å². The first-order chi connectivity index (χ1) is 11.7. The molecule has 2 aromatic rings. The molecular weight excluding hydrogens is 386 g/mol. The maximum Gasteiger partial charge on any atom is 0.187 e. The van der Waals surface area contributed by atoms with Gasteiger partial charge in [0.1, 0.15) is 12.4 Å². The SMILES string of the molecule is C=CCNC(=S)N/N=C\c1ccc(OCc2ccc(Br)cc2)cc1. The predicted molar refractivity (Wildman–Crippen MR) is 106 cm³/mol. The Kier molecular flexibility index (Phi) is 7.45. The third kappa shape index (κ3) is 6.52. The van der Waals surface area contributed by atoms with Crippen LogP contribution in [-0.2, 0) is 6.61 Å². The van der Waals surface area contributed by atoms with Gasteiger partial charge in [-0.2, -0.15) is 5.10 Å². The molecule has 0 aliphatic rings. The van der Waals surface area contributed by atoms with Gasteiger partial charge >= 0.3 is 0 Å². The number of rotatable bonds is 7. The quantitative estimate of drug-likeness (QED) is 0.317. The molecule has 0 aliphatic heterocycles. The largest absolute Gasteiger partial charge is 0.489 e. The number of halogens is 1. The van der Waals surface area contributed by atoms with Crippen molar-refractivity contribution in [2.24, 2.45) is 5.10 Å². The van der Waals surface area contributed by atoms with Gasteiger partial charge in [0.25, 0.3) is 0 Å². The maximum atomic E-state index is 5.76. The molecule has 2 N–H and O–H groups in total. The fourth-order valence-electron chi connectivity index (χ4n) is 1.77. The second-order valence-electron chi connectivity index (χ2n) is 4.85. The molecule has 0 amide bonds. The number of hydrazone groups is 1. The first-order valence-electron chi connectivity index (χ1n) is 7.32. The van der Waals surface area contributed by atoms with Crippen LogP contribution in [0, 0.1) is 0 Å². The van der Waals surface area contributed by atoms with Crippen LogP contribution in [0.3, 0.4) is 0 Å². The van der Waals surface area contributed by atoms with Crippen molar-refractivity contribution in [3.63, 3.8) is 0 Å². The third-order valence-electron chi connectivity index (χ3n) is 2.99. The molecule has 124 valence electrons.